The molecule has 0 spiro atoms. The van der Waals surface area contributed by atoms with Crippen molar-refractivity contribution in [2.24, 2.45) is 0 Å². The molecule has 0 radical (unpaired) electrons. The van der Waals surface area contributed by atoms with Crippen LogP contribution in [-0.4, -0.2) is 74.3 Å². The monoisotopic (exact) mass is 1240 g/mol. The van der Waals surface area contributed by atoms with E-state index in [1.807, 2.05) is 33.3 Å². The first-order chi connectivity index (χ1) is 42.4. The van der Waals surface area contributed by atoms with Gasteiger partial charge >= 0.3 is 13.8 Å². The number of nitrogens with zero attached hydrogens (tertiary/aromatic N) is 1. The highest BCUT2D eigenvalue weighted by atomic mass is 31.2. The van der Waals surface area contributed by atoms with Gasteiger partial charge in [-0.05, 0) is 83.1 Å². The van der Waals surface area contributed by atoms with Crippen molar-refractivity contribution in [3.63, 3.8) is 0 Å². The molecule has 0 saturated carbocycles. The van der Waals surface area contributed by atoms with E-state index in [1.54, 1.807) is 0 Å². The predicted molar refractivity (Wildman–Crippen MR) is 378 cm³/mol. The third kappa shape index (κ3) is 67.4. The number of ether oxygens (including phenoxy) is 1. The Morgan fingerprint density at radius 1 is 0.414 bits per heavy atom. The molecule has 0 aliphatic carbocycles. The van der Waals surface area contributed by atoms with Crippen molar-refractivity contribution < 1.29 is 37.3 Å². The van der Waals surface area contributed by atoms with Crippen LogP contribution in [0.1, 0.15) is 342 Å². The number of carbonyl (C=O) groups is 2. The second kappa shape index (κ2) is 66.1. The summed E-state index contributed by atoms with van der Waals surface area (Å²) >= 11 is 0. The Kier molecular flexibility index (Phi) is 64.0. The van der Waals surface area contributed by atoms with Crippen molar-refractivity contribution >= 4 is 19.7 Å². The molecule has 0 rings (SSSR count). The zero-order valence-electron chi connectivity index (χ0n) is 58.0. The Morgan fingerprint density at radius 2 is 0.736 bits per heavy atom. The van der Waals surface area contributed by atoms with Crippen LogP contribution in [0.5, 0.6) is 0 Å². The maximum atomic E-state index is 13.6. The van der Waals surface area contributed by atoms with Crippen LogP contribution in [0.2, 0.25) is 0 Å². The van der Waals surface area contributed by atoms with Crippen molar-refractivity contribution in [1.82, 2.24) is 5.32 Å². The van der Waals surface area contributed by atoms with Crippen LogP contribution in [0, 0.1) is 0 Å². The van der Waals surface area contributed by atoms with Gasteiger partial charge in [0.25, 0.3) is 0 Å². The van der Waals surface area contributed by atoms with Crippen molar-refractivity contribution in [1.29, 1.82) is 0 Å². The Hall–Kier alpha value is -2.81. The molecule has 87 heavy (non-hydrogen) atoms. The van der Waals surface area contributed by atoms with Crippen molar-refractivity contribution in [2.45, 2.75) is 354 Å². The predicted octanol–water partition coefficient (Wildman–Crippen LogP) is 23.7. The molecule has 0 aromatic heterocycles. The average molecular weight is 1240 g/mol. The summed E-state index contributed by atoms with van der Waals surface area (Å²) in [6.45, 7) is 6.93. The number of esters is 1. The number of quaternary nitrogens is 1. The molecule has 2 N–H and O–H groups in total. The fourth-order valence-corrected chi connectivity index (χ4v) is 11.4. The Morgan fingerprint density at radius 3 is 1.10 bits per heavy atom. The summed E-state index contributed by atoms with van der Waals surface area (Å²) in [5, 5.41) is 3.07. The van der Waals surface area contributed by atoms with E-state index in [9.17, 15) is 19.0 Å². The van der Waals surface area contributed by atoms with E-state index >= 15 is 0 Å². The Labute approximate surface area is 539 Å². The second-order valence-corrected chi connectivity index (χ2v) is 27.5. The molecule has 9 nitrogen and oxygen atoms in total. The van der Waals surface area contributed by atoms with Gasteiger partial charge in [-0.2, -0.15) is 0 Å². The smallest absolute Gasteiger partial charge is 0.456 e. The molecule has 0 heterocycles. The number of rotatable bonds is 67. The fraction of sp³-hybridized carbons (Fsp3) is 0.792. The summed E-state index contributed by atoms with van der Waals surface area (Å²) < 4.78 is 30.8. The molecule has 0 fully saturated rings. The minimum atomic E-state index is -4.46. The van der Waals surface area contributed by atoms with Gasteiger partial charge in [0.15, 0.2) is 0 Å². The number of phosphoric ester groups is 1. The lowest BCUT2D eigenvalue weighted by Crippen LogP contribution is -2.47. The van der Waals surface area contributed by atoms with Gasteiger partial charge in [-0.1, -0.05) is 331 Å². The third-order valence-electron chi connectivity index (χ3n) is 16.3. The minimum Gasteiger partial charge on any atom is -0.456 e. The zero-order chi connectivity index (χ0) is 63.5. The molecule has 3 atom stereocenters. The first-order valence-corrected chi connectivity index (χ1v) is 38.4. The number of likely N-dealkylation sites (N-methyl/N-ethyl adjacent to an activating group) is 1. The number of nitrogens with one attached hydrogen (secondary N) is 1. The molecular formula is C77H142N2O7P+. The number of carbonyl (C=O) groups excluding carboxylic acids is 2. The summed E-state index contributed by atoms with van der Waals surface area (Å²) in [4.78, 5) is 37.9. The van der Waals surface area contributed by atoms with Crippen LogP contribution in [-0.2, 0) is 27.9 Å². The second-order valence-electron chi connectivity index (χ2n) is 26.1. The molecule has 506 valence electrons. The summed E-state index contributed by atoms with van der Waals surface area (Å²) in [6.07, 6.45) is 88.9. The molecule has 1 amide bonds. The summed E-state index contributed by atoms with van der Waals surface area (Å²) in [5.74, 6) is -0.504. The maximum absolute atomic E-state index is 13.6. The van der Waals surface area contributed by atoms with E-state index in [0.717, 1.165) is 109 Å². The summed E-state index contributed by atoms with van der Waals surface area (Å²) in [5.41, 5.74) is 0. The van der Waals surface area contributed by atoms with Crippen LogP contribution < -0.4 is 5.32 Å². The molecule has 0 saturated heterocycles. The number of amides is 1. The van der Waals surface area contributed by atoms with Gasteiger partial charge in [0, 0.05) is 12.8 Å². The van der Waals surface area contributed by atoms with Gasteiger partial charge in [0.05, 0.1) is 33.8 Å². The van der Waals surface area contributed by atoms with Gasteiger partial charge in [0.1, 0.15) is 19.3 Å². The number of hydrogen-bond donors (Lipinski definition) is 2. The van der Waals surface area contributed by atoms with Crippen LogP contribution in [0.3, 0.4) is 0 Å². The highest BCUT2D eigenvalue weighted by molar-refractivity contribution is 7.47. The number of allylic oxidation sites excluding steroid dienone is 13. The van der Waals surface area contributed by atoms with Crippen LogP contribution in [0.25, 0.3) is 0 Å². The van der Waals surface area contributed by atoms with Crippen molar-refractivity contribution in [3.8, 4) is 0 Å². The SMILES string of the molecule is CC/C=C\C/C=C\C/C=C\C/C=C\C/C=C\C/C=C\CCCCCCCCCCC(=O)OC(/C=C/CCCCCCCCCCC)C(COP(=O)(O)OCC[N+](C)(C)C)NC(=O)CCCCCCCCCCCCCCCCCCCCCCCCC. The number of hydrogen-bond acceptors (Lipinski definition) is 6. The molecule has 0 aromatic rings. The molecule has 0 aromatic carbocycles. The standard InChI is InChI=1S/C77H141N2O7P/c1-7-10-13-16-19-22-25-27-29-31-33-35-37-38-39-40-42-44-46-48-50-52-55-58-61-64-67-70-77(81)86-75(68-65-62-59-56-53-24-21-18-15-12-9-3)74(73-85-87(82,83)84-72-71-79(4,5)6)78-76(80)69-66-63-60-57-54-51-49-47-45-43-41-36-34-32-30-28-26-23-20-17-14-11-8-2/h10,13,19,22,27,29,33,35,38-39,42,44,65,68,74-75H,7-9,11-12,14-18,20-21,23-26,28,30-32,34,36-37,40-41,43,45-64,66-67,69-73H2,1-6H3,(H-,78,80,82,83)/p+1/b13-10-,22-19-,29-27-,35-33-,39-38-,44-42-,68-65+. The molecule has 10 heteroatoms. The summed E-state index contributed by atoms with van der Waals surface area (Å²) in [6, 6.07) is -0.854. The van der Waals surface area contributed by atoms with Crippen LogP contribution in [0.4, 0.5) is 0 Å². The van der Waals surface area contributed by atoms with E-state index in [4.69, 9.17) is 13.8 Å². The van der Waals surface area contributed by atoms with E-state index in [-0.39, 0.29) is 31.5 Å². The van der Waals surface area contributed by atoms with E-state index in [0.29, 0.717) is 17.4 Å². The van der Waals surface area contributed by atoms with E-state index in [1.165, 1.54) is 199 Å². The zero-order valence-corrected chi connectivity index (χ0v) is 58.9. The first kappa shape index (κ1) is 84.2. The van der Waals surface area contributed by atoms with Gasteiger partial charge in [0.2, 0.25) is 5.91 Å². The highest BCUT2D eigenvalue weighted by Crippen LogP contribution is 2.43. The topological polar surface area (TPSA) is 111 Å². The summed E-state index contributed by atoms with van der Waals surface area (Å²) in [7, 11) is 1.50. The average Bonchev–Trinajstić information content (AvgIpc) is 3.70. The number of phosphoric acid groups is 1. The Bertz CT molecular complexity index is 1760. The van der Waals surface area contributed by atoms with E-state index < -0.39 is 20.0 Å². The van der Waals surface area contributed by atoms with Gasteiger partial charge in [-0.25, -0.2) is 4.57 Å². The first-order valence-electron chi connectivity index (χ1n) is 36.9. The lowest BCUT2D eigenvalue weighted by molar-refractivity contribution is -0.870. The van der Waals surface area contributed by atoms with Crippen LogP contribution in [0.15, 0.2) is 85.1 Å². The molecule has 0 bridgehead atoms. The molecular weight excluding hydrogens is 1100 g/mol. The van der Waals surface area contributed by atoms with Crippen molar-refractivity contribution in [3.05, 3.63) is 85.1 Å². The lowest BCUT2D eigenvalue weighted by Gasteiger charge is -2.27. The molecule has 3 unspecified atom stereocenters. The maximum Gasteiger partial charge on any atom is 0.472 e. The third-order valence-corrected chi connectivity index (χ3v) is 17.3. The minimum absolute atomic E-state index is 0.0377. The van der Waals surface area contributed by atoms with Gasteiger partial charge in [-0.3, -0.25) is 18.6 Å². The quantitative estimate of drug-likeness (QED) is 0.0205. The van der Waals surface area contributed by atoms with Gasteiger partial charge < -0.3 is 19.4 Å². The van der Waals surface area contributed by atoms with Crippen LogP contribution >= 0.6 is 7.82 Å². The largest absolute Gasteiger partial charge is 0.472 e. The normalized spacial score (nSPS) is 14.0. The fourth-order valence-electron chi connectivity index (χ4n) is 10.7. The number of unbranched alkanes of at least 4 members (excludes halogenated alkanes) is 39. The molecule has 0 aliphatic rings. The lowest BCUT2D eigenvalue weighted by atomic mass is 10.0. The highest BCUT2D eigenvalue weighted by Gasteiger charge is 2.30. The molecule has 0 aliphatic heterocycles. The van der Waals surface area contributed by atoms with Crippen molar-refractivity contribution in [2.75, 3.05) is 40.9 Å². The van der Waals surface area contributed by atoms with E-state index in [2.05, 4.69) is 99.0 Å². The Balaban J connectivity index is 4.99. The van der Waals surface area contributed by atoms with Gasteiger partial charge in [-0.15, -0.1) is 0 Å².